The number of aliphatic hydroxyl groups is 1. The second-order valence-electron chi connectivity index (χ2n) is 7.32. The molecular formula is C23H15BrFNO5S. The van der Waals surface area contributed by atoms with Crippen LogP contribution < -0.4 is 4.31 Å². The third-order valence-corrected chi connectivity index (χ3v) is 8.36. The number of hydrogen-bond acceptors (Lipinski definition) is 5. The van der Waals surface area contributed by atoms with Gasteiger partial charge >= 0.3 is 5.97 Å². The van der Waals surface area contributed by atoms with E-state index in [1.807, 2.05) is 0 Å². The fraction of sp³-hybridized carbons (Fsp3) is 0.0870. The van der Waals surface area contributed by atoms with Gasteiger partial charge in [-0.1, -0.05) is 48.5 Å². The van der Waals surface area contributed by atoms with Gasteiger partial charge in [-0.2, -0.15) is 0 Å². The summed E-state index contributed by atoms with van der Waals surface area (Å²) >= 11 is 3.26. The van der Waals surface area contributed by atoms with E-state index in [-0.39, 0.29) is 31.8 Å². The Hall–Kier alpha value is -3.01. The molecule has 0 aliphatic carbocycles. The Kier molecular flexibility index (Phi) is 4.74. The summed E-state index contributed by atoms with van der Waals surface area (Å²) in [4.78, 5) is 12.4. The van der Waals surface area contributed by atoms with Gasteiger partial charge in [-0.3, -0.25) is 0 Å². The van der Waals surface area contributed by atoms with Gasteiger partial charge in [0.25, 0.3) is 15.7 Å². The fourth-order valence-corrected chi connectivity index (χ4v) is 6.91. The van der Waals surface area contributed by atoms with Crippen LogP contribution in [-0.4, -0.2) is 25.2 Å². The molecule has 32 heavy (non-hydrogen) atoms. The van der Waals surface area contributed by atoms with Crippen molar-refractivity contribution >= 4 is 43.2 Å². The first-order valence-electron chi connectivity index (χ1n) is 9.55. The number of hydrogen-bond donors (Lipinski definition) is 1. The van der Waals surface area contributed by atoms with Gasteiger partial charge in [0, 0.05) is 27.2 Å². The summed E-state index contributed by atoms with van der Waals surface area (Å²) in [5.41, 5.74) is -1.97. The first-order valence-corrected chi connectivity index (χ1v) is 11.8. The van der Waals surface area contributed by atoms with Crippen LogP contribution in [0.5, 0.6) is 0 Å². The molecule has 2 aliphatic rings. The summed E-state index contributed by atoms with van der Waals surface area (Å²) in [5, 5.41) is 11.4. The highest BCUT2D eigenvalue weighted by Gasteiger charge is 2.64. The Bertz CT molecular complexity index is 1410. The zero-order valence-corrected chi connectivity index (χ0v) is 18.7. The van der Waals surface area contributed by atoms with E-state index in [9.17, 15) is 22.7 Å². The molecule has 1 spiro atoms. The molecule has 2 aliphatic heterocycles. The van der Waals surface area contributed by atoms with Crippen molar-refractivity contribution < 1.29 is 27.4 Å². The average molecular weight is 516 g/mol. The highest BCUT2D eigenvalue weighted by Crippen LogP contribution is 2.57. The number of halogens is 2. The number of carbonyl (C=O) groups is 1. The summed E-state index contributed by atoms with van der Waals surface area (Å²) in [6, 6.07) is 18.1. The van der Waals surface area contributed by atoms with Crippen LogP contribution >= 0.6 is 15.9 Å². The monoisotopic (exact) mass is 515 g/mol. The SMILES string of the molecule is O=C1C=C(c2ccccc2F)[C@]2(O1)[C@@H](O)c1ccccc1N2S(=O)(=O)c1ccccc1Br. The molecule has 0 bridgehead atoms. The maximum Gasteiger partial charge on any atom is 0.333 e. The lowest BCUT2D eigenvalue weighted by Gasteiger charge is -2.38. The topological polar surface area (TPSA) is 83.9 Å². The van der Waals surface area contributed by atoms with Gasteiger partial charge in [0.05, 0.1) is 5.69 Å². The molecule has 3 aromatic rings. The Balaban J connectivity index is 1.83. The molecular weight excluding hydrogens is 501 g/mol. The molecule has 2 atom stereocenters. The van der Waals surface area contributed by atoms with E-state index in [1.54, 1.807) is 42.5 Å². The lowest BCUT2D eigenvalue weighted by molar-refractivity contribution is -0.151. The molecule has 0 aromatic heterocycles. The Morgan fingerprint density at radius 1 is 1.00 bits per heavy atom. The zero-order chi connectivity index (χ0) is 22.7. The number of fused-ring (bicyclic) bond motifs is 1. The van der Waals surface area contributed by atoms with Crippen molar-refractivity contribution in [2.45, 2.75) is 16.7 Å². The molecule has 5 rings (SSSR count). The van der Waals surface area contributed by atoms with Crippen LogP contribution in [0.4, 0.5) is 10.1 Å². The second-order valence-corrected chi connectivity index (χ2v) is 9.93. The number of aliphatic hydroxyl groups excluding tert-OH is 1. The first-order chi connectivity index (χ1) is 15.3. The number of anilines is 1. The number of benzene rings is 3. The number of ether oxygens (including phenoxy) is 1. The third kappa shape index (κ3) is 2.78. The quantitative estimate of drug-likeness (QED) is 0.529. The van der Waals surface area contributed by atoms with Gasteiger partial charge in [0.15, 0.2) is 0 Å². The molecule has 0 saturated carbocycles. The number of para-hydroxylation sites is 1. The van der Waals surface area contributed by atoms with E-state index in [1.165, 1.54) is 30.3 Å². The van der Waals surface area contributed by atoms with Crippen LogP contribution in [-0.2, 0) is 19.6 Å². The minimum Gasteiger partial charge on any atom is -0.427 e. The van der Waals surface area contributed by atoms with Crippen molar-refractivity contribution in [3.05, 3.63) is 100 Å². The summed E-state index contributed by atoms with van der Waals surface area (Å²) in [5.74, 6) is -1.57. The molecule has 0 unspecified atom stereocenters. The van der Waals surface area contributed by atoms with E-state index < -0.39 is 33.6 Å². The number of esters is 1. The van der Waals surface area contributed by atoms with Gasteiger partial charge in [0.2, 0.25) is 0 Å². The van der Waals surface area contributed by atoms with Crippen molar-refractivity contribution in [2.75, 3.05) is 4.31 Å². The lowest BCUT2D eigenvalue weighted by atomic mass is 9.91. The van der Waals surface area contributed by atoms with E-state index in [0.29, 0.717) is 0 Å². The van der Waals surface area contributed by atoms with E-state index in [2.05, 4.69) is 15.9 Å². The lowest BCUT2D eigenvalue weighted by Crippen LogP contribution is -2.53. The van der Waals surface area contributed by atoms with E-state index >= 15 is 0 Å². The highest BCUT2D eigenvalue weighted by molar-refractivity contribution is 9.10. The predicted octanol–water partition coefficient (Wildman–Crippen LogP) is 4.17. The molecule has 0 saturated heterocycles. The Morgan fingerprint density at radius 3 is 2.41 bits per heavy atom. The van der Waals surface area contributed by atoms with Gasteiger partial charge in [-0.05, 0) is 40.2 Å². The van der Waals surface area contributed by atoms with Crippen LogP contribution in [0, 0.1) is 5.82 Å². The molecule has 9 heteroatoms. The zero-order valence-electron chi connectivity index (χ0n) is 16.3. The molecule has 1 N–H and O–H groups in total. The molecule has 6 nitrogen and oxygen atoms in total. The second kappa shape index (κ2) is 7.26. The normalized spacial score (nSPS) is 22.1. The summed E-state index contributed by atoms with van der Waals surface area (Å²) < 4.78 is 49.5. The Morgan fingerprint density at radius 2 is 1.66 bits per heavy atom. The van der Waals surface area contributed by atoms with Crippen molar-refractivity contribution in [1.29, 1.82) is 0 Å². The van der Waals surface area contributed by atoms with Crippen molar-refractivity contribution in [3.8, 4) is 0 Å². The van der Waals surface area contributed by atoms with Gasteiger partial charge in [-0.25, -0.2) is 21.9 Å². The van der Waals surface area contributed by atoms with Crippen LogP contribution in [0.1, 0.15) is 17.2 Å². The first kappa shape index (κ1) is 20.9. The maximum absolute atomic E-state index is 14.8. The maximum atomic E-state index is 14.8. The minimum atomic E-state index is -4.40. The molecule has 0 amide bonds. The van der Waals surface area contributed by atoms with Crippen LogP contribution in [0.15, 0.2) is 88.2 Å². The fourth-order valence-electron chi connectivity index (χ4n) is 4.23. The highest BCUT2D eigenvalue weighted by atomic mass is 79.9. The van der Waals surface area contributed by atoms with E-state index in [4.69, 9.17) is 4.74 Å². The molecule has 0 fully saturated rings. The largest absolute Gasteiger partial charge is 0.427 e. The van der Waals surface area contributed by atoms with Crippen molar-refractivity contribution in [1.82, 2.24) is 0 Å². The van der Waals surface area contributed by atoms with Crippen molar-refractivity contribution in [3.63, 3.8) is 0 Å². The predicted molar refractivity (Wildman–Crippen MR) is 118 cm³/mol. The van der Waals surface area contributed by atoms with Crippen molar-refractivity contribution in [2.24, 2.45) is 0 Å². The number of carbonyl (C=O) groups excluding carboxylic acids is 1. The molecule has 2 heterocycles. The molecule has 162 valence electrons. The standard InChI is InChI=1S/C23H15BrFNO5S/c24-17-9-3-6-12-20(17)32(29,30)26-19-11-5-2-8-15(19)22(28)23(26)16(13-21(27)31-23)14-7-1-4-10-18(14)25/h1-13,22,28H/t22-,23-/m0/s1. The van der Waals surface area contributed by atoms with Gasteiger partial charge in [-0.15, -0.1) is 0 Å². The Labute approximate surface area is 191 Å². The van der Waals surface area contributed by atoms with Gasteiger partial charge < -0.3 is 9.84 Å². The number of nitrogens with zero attached hydrogens (tertiary/aromatic N) is 1. The minimum absolute atomic E-state index is 0.0440. The molecule has 0 radical (unpaired) electrons. The van der Waals surface area contributed by atoms with Crippen LogP contribution in [0.2, 0.25) is 0 Å². The molecule has 3 aromatic carbocycles. The van der Waals surface area contributed by atoms with Crippen LogP contribution in [0.3, 0.4) is 0 Å². The summed E-state index contributed by atoms with van der Waals surface area (Å²) in [6.07, 6.45) is -0.566. The van der Waals surface area contributed by atoms with Crippen LogP contribution in [0.25, 0.3) is 5.57 Å². The summed E-state index contributed by atoms with van der Waals surface area (Å²) in [6.45, 7) is 0. The number of sulfonamides is 1. The summed E-state index contributed by atoms with van der Waals surface area (Å²) in [7, 11) is -4.40. The van der Waals surface area contributed by atoms with Gasteiger partial charge in [0.1, 0.15) is 16.8 Å². The average Bonchev–Trinajstić information content (AvgIpc) is 3.23. The smallest absolute Gasteiger partial charge is 0.333 e. The third-order valence-electron chi connectivity index (χ3n) is 5.55. The van der Waals surface area contributed by atoms with E-state index in [0.717, 1.165) is 10.4 Å². The number of rotatable bonds is 3.